The lowest BCUT2D eigenvalue weighted by Crippen LogP contribution is -2.55. The van der Waals surface area contributed by atoms with E-state index in [1.165, 1.54) is 25.7 Å². The summed E-state index contributed by atoms with van der Waals surface area (Å²) in [6.45, 7) is 4.51. The first kappa shape index (κ1) is 15.2. The second-order valence-corrected chi connectivity index (χ2v) is 6.95. The van der Waals surface area contributed by atoms with E-state index in [4.69, 9.17) is 28.9 Å². The molecular formula is C16H23Cl2N. The molecule has 0 spiro atoms. The van der Waals surface area contributed by atoms with Gasteiger partial charge in [-0.05, 0) is 48.8 Å². The number of benzene rings is 1. The molecule has 1 fully saturated rings. The zero-order valence-electron chi connectivity index (χ0n) is 11.8. The highest BCUT2D eigenvalue weighted by molar-refractivity contribution is 6.42. The molecule has 0 atom stereocenters. The zero-order chi connectivity index (χ0) is 14.1. The molecule has 0 aromatic heterocycles. The summed E-state index contributed by atoms with van der Waals surface area (Å²) >= 11 is 12.1. The van der Waals surface area contributed by atoms with E-state index in [0.717, 1.165) is 18.4 Å². The molecule has 0 unspecified atom stereocenters. The summed E-state index contributed by atoms with van der Waals surface area (Å²) in [7, 11) is 0. The number of rotatable bonds is 5. The Balaban J connectivity index is 2.16. The van der Waals surface area contributed by atoms with E-state index in [9.17, 15) is 0 Å². The number of halogens is 2. The van der Waals surface area contributed by atoms with Gasteiger partial charge in [0.25, 0.3) is 0 Å². The van der Waals surface area contributed by atoms with Gasteiger partial charge in [-0.3, -0.25) is 0 Å². The Morgan fingerprint density at radius 1 is 1.05 bits per heavy atom. The molecule has 2 rings (SSSR count). The van der Waals surface area contributed by atoms with Crippen LogP contribution in [-0.2, 0) is 5.54 Å². The highest BCUT2D eigenvalue weighted by atomic mass is 35.5. The van der Waals surface area contributed by atoms with Crippen LogP contribution in [0.15, 0.2) is 18.2 Å². The first-order chi connectivity index (χ1) is 8.95. The molecule has 0 amide bonds. The average Bonchev–Trinajstić information content (AvgIpc) is 2.31. The quantitative estimate of drug-likeness (QED) is 0.760. The molecule has 0 aliphatic heterocycles. The minimum Gasteiger partial charge on any atom is -0.321 e. The van der Waals surface area contributed by atoms with E-state index in [-0.39, 0.29) is 5.54 Å². The molecule has 1 nitrogen and oxygen atoms in total. The molecule has 3 heteroatoms. The highest BCUT2D eigenvalue weighted by Gasteiger charge is 2.51. The van der Waals surface area contributed by atoms with E-state index in [1.54, 1.807) is 0 Å². The standard InChI is InChI=1S/C16H23Cl2N/c1-3-7-15(8-4-2)10-16(19,11-15)12-5-6-13(17)14(18)9-12/h5-6,9H,3-4,7-8,10-11,19H2,1-2H3. The van der Waals surface area contributed by atoms with Crippen molar-refractivity contribution in [1.29, 1.82) is 0 Å². The predicted octanol–water partition coefficient (Wildman–Crippen LogP) is 5.53. The van der Waals surface area contributed by atoms with E-state index in [0.29, 0.717) is 15.5 Å². The lowest BCUT2D eigenvalue weighted by atomic mass is 9.52. The highest BCUT2D eigenvalue weighted by Crippen LogP contribution is 2.57. The monoisotopic (exact) mass is 299 g/mol. The first-order valence-electron chi connectivity index (χ1n) is 7.19. The third-order valence-corrected chi connectivity index (χ3v) is 5.18. The Morgan fingerprint density at radius 3 is 2.11 bits per heavy atom. The van der Waals surface area contributed by atoms with Crippen molar-refractivity contribution in [1.82, 2.24) is 0 Å². The lowest BCUT2D eigenvalue weighted by molar-refractivity contribution is 0.00623. The Kier molecular flexibility index (Phi) is 4.49. The van der Waals surface area contributed by atoms with Gasteiger partial charge in [0, 0.05) is 5.54 Å². The third kappa shape index (κ3) is 2.94. The first-order valence-corrected chi connectivity index (χ1v) is 7.95. The van der Waals surface area contributed by atoms with Crippen LogP contribution in [0.4, 0.5) is 0 Å². The minimum atomic E-state index is -0.210. The van der Waals surface area contributed by atoms with Crippen molar-refractivity contribution in [2.75, 3.05) is 0 Å². The van der Waals surface area contributed by atoms with Crippen LogP contribution in [0.5, 0.6) is 0 Å². The van der Waals surface area contributed by atoms with Crippen LogP contribution in [0, 0.1) is 5.41 Å². The summed E-state index contributed by atoms with van der Waals surface area (Å²) in [6, 6.07) is 5.81. The van der Waals surface area contributed by atoms with Crippen LogP contribution >= 0.6 is 23.2 Å². The molecular weight excluding hydrogens is 277 g/mol. The summed E-state index contributed by atoms with van der Waals surface area (Å²) in [5, 5.41) is 1.20. The molecule has 0 saturated heterocycles. The maximum Gasteiger partial charge on any atom is 0.0595 e. The molecule has 2 N–H and O–H groups in total. The third-order valence-electron chi connectivity index (χ3n) is 4.44. The van der Waals surface area contributed by atoms with Gasteiger partial charge in [0.05, 0.1) is 10.0 Å². The van der Waals surface area contributed by atoms with Gasteiger partial charge in [0.15, 0.2) is 0 Å². The van der Waals surface area contributed by atoms with Crippen molar-refractivity contribution in [2.24, 2.45) is 11.1 Å². The van der Waals surface area contributed by atoms with Crippen molar-refractivity contribution in [3.05, 3.63) is 33.8 Å². The summed E-state index contributed by atoms with van der Waals surface area (Å²) in [4.78, 5) is 0. The van der Waals surface area contributed by atoms with Gasteiger partial charge in [0.2, 0.25) is 0 Å². The molecule has 19 heavy (non-hydrogen) atoms. The lowest BCUT2D eigenvalue weighted by Gasteiger charge is -2.55. The van der Waals surface area contributed by atoms with E-state index in [2.05, 4.69) is 13.8 Å². The molecule has 1 aliphatic carbocycles. The topological polar surface area (TPSA) is 26.0 Å². The van der Waals surface area contributed by atoms with Gasteiger partial charge in [-0.25, -0.2) is 0 Å². The van der Waals surface area contributed by atoms with Crippen molar-refractivity contribution in [2.45, 2.75) is 57.9 Å². The summed E-state index contributed by atoms with van der Waals surface area (Å²) in [5.41, 5.74) is 7.95. The van der Waals surface area contributed by atoms with Gasteiger partial charge >= 0.3 is 0 Å². The van der Waals surface area contributed by atoms with Crippen molar-refractivity contribution < 1.29 is 0 Å². The fourth-order valence-corrected chi connectivity index (χ4v) is 4.13. The minimum absolute atomic E-state index is 0.210. The molecule has 1 saturated carbocycles. The maximum atomic E-state index is 6.58. The predicted molar refractivity (Wildman–Crippen MR) is 83.8 cm³/mol. The molecule has 1 aliphatic rings. The van der Waals surface area contributed by atoms with Crippen molar-refractivity contribution in [3.63, 3.8) is 0 Å². The van der Waals surface area contributed by atoms with Crippen LogP contribution in [0.25, 0.3) is 0 Å². The van der Waals surface area contributed by atoms with Crippen LogP contribution in [-0.4, -0.2) is 0 Å². The Morgan fingerprint density at radius 2 is 1.63 bits per heavy atom. The largest absolute Gasteiger partial charge is 0.321 e. The van der Waals surface area contributed by atoms with E-state index < -0.39 is 0 Å². The SMILES string of the molecule is CCCC1(CCC)CC(N)(c2ccc(Cl)c(Cl)c2)C1. The molecule has 1 aromatic rings. The second-order valence-electron chi connectivity index (χ2n) is 6.14. The van der Waals surface area contributed by atoms with Gasteiger partial charge in [0.1, 0.15) is 0 Å². The number of hydrogen-bond acceptors (Lipinski definition) is 1. The van der Waals surface area contributed by atoms with Crippen molar-refractivity contribution in [3.8, 4) is 0 Å². The van der Waals surface area contributed by atoms with Crippen LogP contribution in [0.3, 0.4) is 0 Å². The van der Waals surface area contributed by atoms with Gasteiger partial charge < -0.3 is 5.73 Å². The number of hydrogen-bond donors (Lipinski definition) is 1. The molecule has 106 valence electrons. The molecule has 0 radical (unpaired) electrons. The van der Waals surface area contributed by atoms with Crippen molar-refractivity contribution >= 4 is 23.2 Å². The van der Waals surface area contributed by atoms with E-state index in [1.807, 2.05) is 18.2 Å². The van der Waals surface area contributed by atoms with Gasteiger partial charge in [-0.1, -0.05) is 56.0 Å². The Hall–Kier alpha value is -0.240. The maximum absolute atomic E-state index is 6.58. The fraction of sp³-hybridized carbons (Fsp3) is 0.625. The molecule has 1 aromatic carbocycles. The number of nitrogens with two attached hydrogens (primary N) is 1. The average molecular weight is 300 g/mol. The fourth-order valence-electron chi connectivity index (χ4n) is 3.84. The Labute approximate surface area is 126 Å². The Bertz CT molecular complexity index is 442. The van der Waals surface area contributed by atoms with Crippen LogP contribution in [0.2, 0.25) is 10.0 Å². The normalized spacial score (nSPS) is 20.1. The van der Waals surface area contributed by atoms with Crippen LogP contribution < -0.4 is 5.73 Å². The van der Waals surface area contributed by atoms with Gasteiger partial charge in [-0.15, -0.1) is 0 Å². The summed E-state index contributed by atoms with van der Waals surface area (Å²) < 4.78 is 0. The van der Waals surface area contributed by atoms with Crippen LogP contribution in [0.1, 0.15) is 57.9 Å². The second kappa shape index (κ2) is 5.63. The zero-order valence-corrected chi connectivity index (χ0v) is 13.3. The summed E-state index contributed by atoms with van der Waals surface area (Å²) in [5.74, 6) is 0. The molecule has 0 bridgehead atoms. The smallest absolute Gasteiger partial charge is 0.0595 e. The summed E-state index contributed by atoms with van der Waals surface area (Å²) in [6.07, 6.45) is 7.16. The van der Waals surface area contributed by atoms with E-state index >= 15 is 0 Å². The molecule has 0 heterocycles. The van der Waals surface area contributed by atoms with Gasteiger partial charge in [-0.2, -0.15) is 0 Å².